The molecule has 0 heterocycles. The number of nitrogens with zero attached hydrogens (tertiary/aromatic N) is 1. The van der Waals surface area contributed by atoms with Gasteiger partial charge >= 0.3 is 0 Å². The highest BCUT2D eigenvalue weighted by molar-refractivity contribution is 6.30. The highest BCUT2D eigenvalue weighted by atomic mass is 35.5. The smallest absolute Gasteiger partial charge is 0.0426 e. The van der Waals surface area contributed by atoms with Gasteiger partial charge in [0.1, 0.15) is 0 Å². The van der Waals surface area contributed by atoms with E-state index in [4.69, 9.17) is 17.3 Å². The summed E-state index contributed by atoms with van der Waals surface area (Å²) in [6, 6.07) is 6.34. The van der Waals surface area contributed by atoms with E-state index in [2.05, 4.69) is 31.0 Å². The summed E-state index contributed by atoms with van der Waals surface area (Å²) in [6.07, 6.45) is 6.42. The minimum Gasteiger partial charge on any atom is -0.374 e. The highest BCUT2D eigenvalue weighted by Gasteiger charge is 2.18. The summed E-state index contributed by atoms with van der Waals surface area (Å²) in [5, 5.41) is 0.807. The predicted molar refractivity (Wildman–Crippen MR) is 84.0 cm³/mol. The molecule has 19 heavy (non-hydrogen) atoms. The van der Waals surface area contributed by atoms with Crippen molar-refractivity contribution in [1.82, 2.24) is 0 Å². The van der Waals surface area contributed by atoms with E-state index >= 15 is 0 Å². The largest absolute Gasteiger partial charge is 0.374 e. The summed E-state index contributed by atoms with van der Waals surface area (Å²) in [7, 11) is 2.18. The van der Waals surface area contributed by atoms with Crippen LogP contribution in [-0.4, -0.2) is 19.6 Å². The van der Waals surface area contributed by atoms with Crippen LogP contribution in [0.2, 0.25) is 5.02 Å². The first-order chi connectivity index (χ1) is 9.06. The zero-order chi connectivity index (χ0) is 13.8. The van der Waals surface area contributed by atoms with Crippen molar-refractivity contribution in [2.45, 2.75) is 45.1 Å². The van der Waals surface area contributed by atoms with Crippen LogP contribution in [0.5, 0.6) is 0 Å². The van der Waals surface area contributed by atoms with Crippen LogP contribution in [0, 0.1) is 5.92 Å². The number of halogens is 1. The molecule has 0 bridgehead atoms. The van der Waals surface area contributed by atoms with Gasteiger partial charge in [-0.1, -0.05) is 30.5 Å². The first-order valence-electron chi connectivity index (χ1n) is 7.31. The average Bonchev–Trinajstić information content (AvgIpc) is 2.83. The molecule has 1 unspecified atom stereocenters. The second-order valence-electron chi connectivity index (χ2n) is 5.99. The van der Waals surface area contributed by atoms with Crippen molar-refractivity contribution in [2.75, 3.05) is 18.5 Å². The number of nitrogens with two attached hydrogens (primary N) is 1. The van der Waals surface area contributed by atoms with E-state index in [1.807, 2.05) is 6.07 Å². The quantitative estimate of drug-likeness (QED) is 0.887. The number of hydrogen-bond acceptors (Lipinski definition) is 2. The molecule has 1 aliphatic rings. The average molecular weight is 281 g/mol. The summed E-state index contributed by atoms with van der Waals surface area (Å²) in [4.78, 5) is 2.36. The molecule has 1 aliphatic carbocycles. The van der Waals surface area contributed by atoms with Gasteiger partial charge in [0.15, 0.2) is 0 Å². The van der Waals surface area contributed by atoms with Gasteiger partial charge in [0, 0.05) is 30.3 Å². The Labute approximate surface area is 121 Å². The first kappa shape index (κ1) is 14.7. The van der Waals surface area contributed by atoms with Crippen molar-refractivity contribution in [3.8, 4) is 0 Å². The van der Waals surface area contributed by atoms with Crippen LogP contribution < -0.4 is 10.6 Å². The van der Waals surface area contributed by atoms with Crippen molar-refractivity contribution >= 4 is 17.3 Å². The lowest BCUT2D eigenvalue weighted by Gasteiger charge is -2.26. The molecule has 0 aromatic heterocycles. The fourth-order valence-corrected chi connectivity index (χ4v) is 3.26. The van der Waals surface area contributed by atoms with E-state index in [1.54, 1.807) is 0 Å². The maximum absolute atomic E-state index is 6.16. The maximum Gasteiger partial charge on any atom is 0.0426 e. The second kappa shape index (κ2) is 6.62. The summed E-state index contributed by atoms with van der Waals surface area (Å²) >= 11 is 6.16. The molecule has 106 valence electrons. The van der Waals surface area contributed by atoms with Crippen molar-refractivity contribution in [3.63, 3.8) is 0 Å². The third-order valence-corrected chi connectivity index (χ3v) is 4.24. The lowest BCUT2D eigenvalue weighted by Crippen LogP contribution is -2.26. The fraction of sp³-hybridized carbons (Fsp3) is 0.625. The van der Waals surface area contributed by atoms with E-state index < -0.39 is 0 Å². The SMILES string of the molecule is CC(N)Cc1ccc(Cl)cc1N(C)CC1CCCC1. The zero-order valence-electron chi connectivity index (χ0n) is 12.0. The van der Waals surface area contributed by atoms with E-state index in [1.165, 1.54) is 36.9 Å². The molecule has 3 heteroatoms. The van der Waals surface area contributed by atoms with E-state index in [0.29, 0.717) is 0 Å². The summed E-state index contributed by atoms with van der Waals surface area (Å²) in [6.45, 7) is 3.18. The van der Waals surface area contributed by atoms with E-state index in [0.717, 1.165) is 23.9 Å². The lowest BCUT2D eigenvalue weighted by molar-refractivity contribution is 0.546. The molecule has 0 spiro atoms. The summed E-state index contributed by atoms with van der Waals surface area (Å²) in [5.41, 5.74) is 8.50. The molecule has 1 aromatic carbocycles. The molecular weight excluding hydrogens is 256 g/mol. The molecule has 0 radical (unpaired) electrons. The van der Waals surface area contributed by atoms with E-state index in [-0.39, 0.29) is 6.04 Å². The van der Waals surface area contributed by atoms with Crippen LogP contribution in [0.15, 0.2) is 18.2 Å². The fourth-order valence-electron chi connectivity index (χ4n) is 3.09. The molecule has 1 fully saturated rings. The molecule has 0 saturated heterocycles. The van der Waals surface area contributed by atoms with Crippen molar-refractivity contribution in [1.29, 1.82) is 0 Å². The number of rotatable bonds is 5. The van der Waals surface area contributed by atoms with Crippen LogP contribution >= 0.6 is 11.6 Å². The van der Waals surface area contributed by atoms with Gasteiger partial charge in [-0.05, 0) is 49.8 Å². The second-order valence-corrected chi connectivity index (χ2v) is 6.42. The number of hydrogen-bond donors (Lipinski definition) is 1. The molecule has 2 rings (SSSR count). The highest BCUT2D eigenvalue weighted by Crippen LogP contribution is 2.30. The molecule has 1 aromatic rings. The minimum atomic E-state index is 0.180. The standard InChI is InChI=1S/C16H25ClN2/c1-12(18)9-14-7-8-15(17)10-16(14)19(2)11-13-5-3-4-6-13/h7-8,10,12-13H,3-6,9,11,18H2,1-2H3. The normalized spacial score (nSPS) is 17.7. The monoisotopic (exact) mass is 280 g/mol. The van der Waals surface area contributed by atoms with Gasteiger partial charge in [0.05, 0.1) is 0 Å². The summed E-state index contributed by atoms with van der Waals surface area (Å²) in [5.74, 6) is 0.840. The number of benzene rings is 1. The first-order valence-corrected chi connectivity index (χ1v) is 7.69. The van der Waals surface area contributed by atoms with Gasteiger partial charge in [0.25, 0.3) is 0 Å². The maximum atomic E-state index is 6.16. The van der Waals surface area contributed by atoms with Crippen molar-refractivity contribution < 1.29 is 0 Å². The molecule has 2 N–H and O–H groups in total. The Hall–Kier alpha value is -0.730. The Morgan fingerprint density at radius 1 is 1.37 bits per heavy atom. The van der Waals surface area contributed by atoms with E-state index in [9.17, 15) is 0 Å². The predicted octanol–water partition coefficient (Wildman–Crippen LogP) is 3.86. The van der Waals surface area contributed by atoms with Gasteiger partial charge < -0.3 is 10.6 Å². The lowest BCUT2D eigenvalue weighted by atomic mass is 10.0. The minimum absolute atomic E-state index is 0.180. The number of anilines is 1. The van der Waals surface area contributed by atoms with Gasteiger partial charge in [-0.2, -0.15) is 0 Å². The Kier molecular flexibility index (Phi) is 5.12. The molecule has 1 atom stereocenters. The molecule has 0 amide bonds. The van der Waals surface area contributed by atoms with Crippen molar-refractivity contribution in [2.24, 2.45) is 11.7 Å². The van der Waals surface area contributed by atoms with Crippen LogP contribution in [0.4, 0.5) is 5.69 Å². The van der Waals surface area contributed by atoms with Gasteiger partial charge in [-0.3, -0.25) is 0 Å². The van der Waals surface area contributed by atoms with Crippen LogP contribution in [0.1, 0.15) is 38.2 Å². The molecular formula is C16H25ClN2. The van der Waals surface area contributed by atoms with Crippen LogP contribution in [0.25, 0.3) is 0 Å². The zero-order valence-corrected chi connectivity index (χ0v) is 12.8. The Balaban J connectivity index is 2.13. The topological polar surface area (TPSA) is 29.3 Å². The Bertz CT molecular complexity index is 411. The van der Waals surface area contributed by atoms with Gasteiger partial charge in [-0.25, -0.2) is 0 Å². The molecule has 2 nitrogen and oxygen atoms in total. The van der Waals surface area contributed by atoms with Crippen LogP contribution in [0.3, 0.4) is 0 Å². The van der Waals surface area contributed by atoms with Crippen LogP contribution in [-0.2, 0) is 6.42 Å². The molecule has 1 saturated carbocycles. The van der Waals surface area contributed by atoms with Crippen molar-refractivity contribution in [3.05, 3.63) is 28.8 Å². The van der Waals surface area contributed by atoms with Gasteiger partial charge in [0.2, 0.25) is 0 Å². The Morgan fingerprint density at radius 2 is 2.05 bits per heavy atom. The van der Waals surface area contributed by atoms with Gasteiger partial charge in [-0.15, -0.1) is 0 Å². The Morgan fingerprint density at radius 3 is 2.68 bits per heavy atom. The summed E-state index contributed by atoms with van der Waals surface area (Å²) < 4.78 is 0. The third kappa shape index (κ3) is 4.12. The third-order valence-electron chi connectivity index (χ3n) is 4.01. The molecule has 0 aliphatic heterocycles.